The second kappa shape index (κ2) is 6.75. The number of hydrogen-bond donors (Lipinski definition) is 0. The maximum absolute atomic E-state index is 6.44. The van der Waals surface area contributed by atoms with Crippen LogP contribution in [-0.4, -0.2) is 0 Å². The first-order valence-electron chi connectivity index (χ1n) is 12.9. The van der Waals surface area contributed by atoms with Crippen LogP contribution in [0.5, 0.6) is 0 Å². The van der Waals surface area contributed by atoms with Crippen molar-refractivity contribution in [2.45, 2.75) is 70.1 Å². The quantitative estimate of drug-likeness (QED) is 0.307. The Labute approximate surface area is 197 Å². The highest BCUT2D eigenvalue weighted by Crippen LogP contribution is 2.60. The average molecular weight is 435 g/mol. The van der Waals surface area contributed by atoms with Crippen molar-refractivity contribution >= 4 is 21.9 Å². The van der Waals surface area contributed by atoms with E-state index in [2.05, 4.69) is 81.4 Å². The molecule has 8 rings (SSSR count). The third-order valence-corrected chi connectivity index (χ3v) is 9.21. The molecule has 4 aromatic rings. The molecule has 4 fully saturated rings. The minimum absolute atomic E-state index is 0.127. The maximum Gasteiger partial charge on any atom is 0.143 e. The van der Waals surface area contributed by atoms with E-state index in [-0.39, 0.29) is 5.41 Å². The van der Waals surface area contributed by atoms with Crippen LogP contribution < -0.4 is 0 Å². The molecule has 1 aromatic heterocycles. The molecular weight excluding hydrogens is 400 g/mol. The molecule has 4 bridgehead atoms. The fraction of sp³-hybridized carbons (Fsp3) is 0.438. The first-order valence-corrected chi connectivity index (χ1v) is 12.9. The van der Waals surface area contributed by atoms with Crippen LogP contribution in [0.4, 0.5) is 0 Å². The molecule has 4 saturated carbocycles. The summed E-state index contributed by atoms with van der Waals surface area (Å²) in [6, 6.07) is 22.9. The van der Waals surface area contributed by atoms with Gasteiger partial charge >= 0.3 is 0 Å². The van der Waals surface area contributed by atoms with E-state index in [1.165, 1.54) is 66.0 Å². The first kappa shape index (κ1) is 19.9. The van der Waals surface area contributed by atoms with Gasteiger partial charge in [-0.3, -0.25) is 0 Å². The van der Waals surface area contributed by atoms with Gasteiger partial charge in [0.05, 0.1) is 0 Å². The second-order valence-corrected chi connectivity index (χ2v) is 12.5. The third-order valence-electron chi connectivity index (χ3n) is 9.21. The zero-order valence-corrected chi connectivity index (χ0v) is 20.2. The SMILES string of the molecule is CC(C)(C)c1ccc2oc3c(-c4ccc(C56CC7CC(CC(C7)C5)C6)cc4)cccc3c2c1. The number of furan rings is 1. The smallest absolute Gasteiger partial charge is 0.143 e. The summed E-state index contributed by atoms with van der Waals surface area (Å²) >= 11 is 0. The largest absolute Gasteiger partial charge is 0.455 e. The molecule has 33 heavy (non-hydrogen) atoms. The molecule has 4 aliphatic rings. The van der Waals surface area contributed by atoms with Gasteiger partial charge in [-0.15, -0.1) is 0 Å². The van der Waals surface area contributed by atoms with Crippen LogP contribution in [0, 0.1) is 17.8 Å². The van der Waals surface area contributed by atoms with Crippen molar-refractivity contribution in [3.05, 3.63) is 71.8 Å². The van der Waals surface area contributed by atoms with E-state index in [0.29, 0.717) is 5.41 Å². The fourth-order valence-corrected chi connectivity index (χ4v) is 7.96. The zero-order valence-electron chi connectivity index (χ0n) is 20.2. The highest BCUT2D eigenvalue weighted by Gasteiger charge is 2.51. The van der Waals surface area contributed by atoms with Crippen LogP contribution in [0.1, 0.15) is 70.4 Å². The maximum atomic E-state index is 6.44. The normalized spacial score (nSPS) is 28.8. The van der Waals surface area contributed by atoms with Gasteiger partial charge in [0.15, 0.2) is 0 Å². The van der Waals surface area contributed by atoms with E-state index in [0.717, 1.165) is 28.9 Å². The summed E-state index contributed by atoms with van der Waals surface area (Å²) in [7, 11) is 0. The van der Waals surface area contributed by atoms with Gasteiger partial charge in [-0.05, 0) is 95.9 Å². The molecule has 3 aromatic carbocycles. The minimum atomic E-state index is 0.127. The molecule has 0 saturated heterocycles. The summed E-state index contributed by atoms with van der Waals surface area (Å²) in [5, 5.41) is 2.45. The first-order chi connectivity index (χ1) is 15.9. The van der Waals surface area contributed by atoms with E-state index in [4.69, 9.17) is 4.42 Å². The molecule has 1 nitrogen and oxygen atoms in total. The summed E-state index contributed by atoms with van der Waals surface area (Å²) in [6.07, 6.45) is 8.78. The Bertz CT molecular complexity index is 1330. The number of fused-ring (bicyclic) bond motifs is 3. The summed E-state index contributed by atoms with van der Waals surface area (Å²) < 4.78 is 6.44. The number of para-hydroxylation sites is 1. The zero-order chi connectivity index (χ0) is 22.4. The van der Waals surface area contributed by atoms with E-state index in [9.17, 15) is 0 Å². The van der Waals surface area contributed by atoms with Crippen molar-refractivity contribution in [3.8, 4) is 11.1 Å². The molecule has 0 unspecified atom stereocenters. The minimum Gasteiger partial charge on any atom is -0.455 e. The standard InChI is InChI=1S/C32H34O/c1-31(2,3)25-11-12-29-28(16-25)27-6-4-5-26(30(27)33-29)23-7-9-24(10-8-23)32-17-20-13-21(18-32)15-22(14-20)19-32/h4-12,16,20-22H,13-15,17-19H2,1-3H3. The van der Waals surface area contributed by atoms with Crippen molar-refractivity contribution in [1.29, 1.82) is 0 Å². The fourth-order valence-electron chi connectivity index (χ4n) is 7.96. The van der Waals surface area contributed by atoms with Gasteiger partial charge in [0.2, 0.25) is 0 Å². The third kappa shape index (κ3) is 3.04. The topological polar surface area (TPSA) is 13.1 Å². The Morgan fingerprint density at radius 1 is 0.758 bits per heavy atom. The highest BCUT2D eigenvalue weighted by atomic mass is 16.3. The van der Waals surface area contributed by atoms with Crippen molar-refractivity contribution in [2.24, 2.45) is 17.8 Å². The molecule has 0 N–H and O–H groups in total. The molecule has 1 heterocycles. The monoisotopic (exact) mass is 434 g/mol. The van der Waals surface area contributed by atoms with Crippen molar-refractivity contribution < 1.29 is 4.42 Å². The second-order valence-electron chi connectivity index (χ2n) is 12.5. The summed E-state index contributed by atoms with van der Waals surface area (Å²) in [4.78, 5) is 0. The Balaban J connectivity index is 1.29. The lowest BCUT2D eigenvalue weighted by molar-refractivity contribution is -0.00518. The van der Waals surface area contributed by atoms with Crippen LogP contribution in [0.15, 0.2) is 65.1 Å². The van der Waals surface area contributed by atoms with Crippen molar-refractivity contribution in [1.82, 2.24) is 0 Å². The van der Waals surface area contributed by atoms with Gasteiger partial charge in [0.25, 0.3) is 0 Å². The number of hydrogen-bond acceptors (Lipinski definition) is 1. The van der Waals surface area contributed by atoms with Crippen LogP contribution >= 0.6 is 0 Å². The van der Waals surface area contributed by atoms with E-state index in [1.54, 1.807) is 5.56 Å². The molecule has 0 amide bonds. The molecule has 4 aliphatic carbocycles. The van der Waals surface area contributed by atoms with Crippen molar-refractivity contribution in [2.75, 3.05) is 0 Å². The summed E-state index contributed by atoms with van der Waals surface area (Å²) in [5.41, 5.74) is 8.00. The van der Waals surface area contributed by atoms with Crippen LogP contribution in [0.2, 0.25) is 0 Å². The van der Waals surface area contributed by atoms with E-state index < -0.39 is 0 Å². The van der Waals surface area contributed by atoms with E-state index >= 15 is 0 Å². The number of benzene rings is 3. The van der Waals surface area contributed by atoms with Gasteiger partial charge in [-0.2, -0.15) is 0 Å². The Kier molecular flexibility index (Phi) is 4.07. The van der Waals surface area contributed by atoms with Crippen LogP contribution in [0.3, 0.4) is 0 Å². The molecule has 0 atom stereocenters. The molecule has 1 heteroatoms. The number of rotatable bonds is 2. The highest BCUT2D eigenvalue weighted by molar-refractivity contribution is 6.09. The van der Waals surface area contributed by atoms with Gasteiger partial charge < -0.3 is 4.42 Å². The lowest BCUT2D eigenvalue weighted by Crippen LogP contribution is -2.48. The molecular formula is C32H34O. The van der Waals surface area contributed by atoms with Gasteiger partial charge in [0, 0.05) is 16.3 Å². The Morgan fingerprint density at radius 2 is 1.42 bits per heavy atom. The predicted octanol–water partition coefficient (Wildman–Crippen LogP) is 9.02. The average Bonchev–Trinajstić information content (AvgIpc) is 3.16. The van der Waals surface area contributed by atoms with Crippen LogP contribution in [0.25, 0.3) is 33.1 Å². The van der Waals surface area contributed by atoms with E-state index in [1.807, 2.05) is 0 Å². The lowest BCUT2D eigenvalue weighted by atomic mass is 9.48. The van der Waals surface area contributed by atoms with Crippen molar-refractivity contribution in [3.63, 3.8) is 0 Å². The van der Waals surface area contributed by atoms with Gasteiger partial charge in [-0.1, -0.05) is 69.3 Å². The Hall–Kier alpha value is -2.54. The lowest BCUT2D eigenvalue weighted by Gasteiger charge is -2.57. The van der Waals surface area contributed by atoms with Crippen LogP contribution in [-0.2, 0) is 10.8 Å². The van der Waals surface area contributed by atoms with Gasteiger partial charge in [0.1, 0.15) is 11.2 Å². The molecule has 0 aliphatic heterocycles. The summed E-state index contributed by atoms with van der Waals surface area (Å²) in [6.45, 7) is 6.81. The Morgan fingerprint density at radius 3 is 2.06 bits per heavy atom. The predicted molar refractivity (Wildman–Crippen MR) is 138 cm³/mol. The summed E-state index contributed by atoms with van der Waals surface area (Å²) in [5.74, 6) is 2.95. The molecule has 168 valence electrons. The molecule has 0 spiro atoms. The molecule has 0 radical (unpaired) electrons. The van der Waals surface area contributed by atoms with Gasteiger partial charge in [-0.25, -0.2) is 0 Å².